The minimum Gasteiger partial charge on any atom is -0.383 e. The Kier molecular flexibility index (Phi) is 5.45. The molecule has 72 valence electrons. The van der Waals surface area contributed by atoms with Gasteiger partial charge in [0, 0.05) is 19.2 Å². The largest absolute Gasteiger partial charge is 0.383 e. The summed E-state index contributed by atoms with van der Waals surface area (Å²) >= 11 is 0. The number of carbonyl (C=O) groups excluding carboxylic acids is 1. The van der Waals surface area contributed by atoms with E-state index in [0.717, 1.165) is 12.0 Å². The summed E-state index contributed by atoms with van der Waals surface area (Å²) in [6.45, 7) is 4.64. The highest BCUT2D eigenvalue weighted by Gasteiger charge is 2.16. The fourth-order valence-corrected chi connectivity index (χ4v) is 1.06. The number of amides is 1. The second-order valence-electron chi connectivity index (χ2n) is 2.25. The third-order valence-electron chi connectivity index (χ3n) is 1.61. The molecule has 0 atom stereocenters. The molecule has 1 aliphatic rings. The average Bonchev–Trinajstić information content (AvgIpc) is 2.20. The first-order chi connectivity index (χ1) is 6.29. The highest BCUT2D eigenvalue weighted by atomic mass is 16.2. The first-order valence-corrected chi connectivity index (χ1v) is 4.45. The molecule has 0 saturated heterocycles. The molecule has 0 bridgehead atoms. The van der Waals surface area contributed by atoms with Crippen molar-refractivity contribution < 1.29 is 4.79 Å². The molecule has 13 heavy (non-hydrogen) atoms. The van der Waals surface area contributed by atoms with Crippen LogP contribution in [0.2, 0.25) is 0 Å². The second kappa shape index (κ2) is 6.13. The van der Waals surface area contributed by atoms with Crippen molar-refractivity contribution in [2.24, 2.45) is 0 Å². The van der Waals surface area contributed by atoms with E-state index in [1.165, 1.54) is 0 Å². The van der Waals surface area contributed by atoms with Gasteiger partial charge in [0.1, 0.15) is 5.70 Å². The van der Waals surface area contributed by atoms with Gasteiger partial charge in [0.15, 0.2) is 0 Å². The van der Waals surface area contributed by atoms with Crippen molar-refractivity contribution in [2.75, 3.05) is 13.6 Å². The van der Waals surface area contributed by atoms with E-state index in [-0.39, 0.29) is 5.91 Å². The zero-order chi connectivity index (χ0) is 10.3. The fourth-order valence-electron chi connectivity index (χ4n) is 1.06. The van der Waals surface area contributed by atoms with E-state index in [1.807, 2.05) is 13.8 Å². The van der Waals surface area contributed by atoms with Crippen LogP contribution in [0.3, 0.4) is 0 Å². The van der Waals surface area contributed by atoms with Crippen LogP contribution in [0.5, 0.6) is 0 Å². The summed E-state index contributed by atoms with van der Waals surface area (Å²) in [6.07, 6.45) is 5.95. The predicted octanol–water partition coefficient (Wildman–Crippen LogP) is 0.639. The van der Waals surface area contributed by atoms with Gasteiger partial charge in [-0.05, 0) is 6.42 Å². The Labute approximate surface area is 79.6 Å². The Hall–Kier alpha value is -1.43. The third kappa shape index (κ3) is 2.83. The van der Waals surface area contributed by atoms with Crippen molar-refractivity contribution in [3.05, 3.63) is 11.3 Å². The number of carbonyl (C=O) groups is 1. The highest BCUT2D eigenvalue weighted by molar-refractivity contribution is 5.95. The molecule has 0 saturated carbocycles. The zero-order valence-electron chi connectivity index (χ0n) is 8.40. The molecule has 1 amide bonds. The van der Waals surface area contributed by atoms with E-state index < -0.39 is 0 Å². The molecule has 1 heterocycles. The van der Waals surface area contributed by atoms with Crippen molar-refractivity contribution in [3.8, 4) is 12.3 Å². The van der Waals surface area contributed by atoms with E-state index >= 15 is 0 Å². The molecule has 0 spiro atoms. The molecule has 1 aliphatic heterocycles. The van der Waals surface area contributed by atoms with E-state index in [9.17, 15) is 4.79 Å². The number of likely N-dealkylation sites (N-methyl/N-ethyl adjacent to an activating group) is 1. The van der Waals surface area contributed by atoms with Gasteiger partial charge in [-0.15, -0.1) is 6.42 Å². The Morgan fingerprint density at radius 2 is 2.15 bits per heavy atom. The maximum atomic E-state index is 11.1. The molecule has 3 nitrogen and oxygen atoms in total. The van der Waals surface area contributed by atoms with Crippen LogP contribution in [0.1, 0.15) is 20.3 Å². The van der Waals surface area contributed by atoms with Crippen molar-refractivity contribution >= 4 is 5.91 Å². The summed E-state index contributed by atoms with van der Waals surface area (Å²) in [6, 6.07) is 0. The molecule has 0 fully saturated rings. The number of nitrogens with one attached hydrogen (secondary N) is 2. The van der Waals surface area contributed by atoms with Gasteiger partial charge in [-0.1, -0.05) is 19.8 Å². The lowest BCUT2D eigenvalue weighted by molar-refractivity contribution is -0.118. The SMILES string of the molecule is C#CC1=C(NC)C(=O)NCC1.CC. The van der Waals surface area contributed by atoms with Crippen LogP contribution < -0.4 is 10.6 Å². The average molecular weight is 180 g/mol. The van der Waals surface area contributed by atoms with Crippen LogP contribution in [0.25, 0.3) is 0 Å². The van der Waals surface area contributed by atoms with Gasteiger partial charge in [-0.3, -0.25) is 4.79 Å². The lowest BCUT2D eigenvalue weighted by Gasteiger charge is -2.16. The van der Waals surface area contributed by atoms with Crippen molar-refractivity contribution in [3.63, 3.8) is 0 Å². The normalized spacial score (nSPS) is 15.1. The third-order valence-corrected chi connectivity index (χ3v) is 1.61. The summed E-state index contributed by atoms with van der Waals surface area (Å²) in [7, 11) is 1.69. The van der Waals surface area contributed by atoms with Gasteiger partial charge < -0.3 is 10.6 Å². The maximum absolute atomic E-state index is 11.1. The Morgan fingerprint density at radius 3 is 2.54 bits per heavy atom. The minimum atomic E-state index is -0.105. The first-order valence-electron chi connectivity index (χ1n) is 4.45. The van der Waals surface area contributed by atoms with Gasteiger partial charge in [-0.25, -0.2) is 0 Å². The van der Waals surface area contributed by atoms with Crippen LogP contribution >= 0.6 is 0 Å². The highest BCUT2D eigenvalue weighted by Crippen LogP contribution is 2.08. The Balaban J connectivity index is 0.000000671. The first kappa shape index (κ1) is 11.6. The van der Waals surface area contributed by atoms with E-state index in [0.29, 0.717) is 12.2 Å². The van der Waals surface area contributed by atoms with Crippen LogP contribution in [0, 0.1) is 12.3 Å². The quantitative estimate of drug-likeness (QED) is 0.581. The summed E-state index contributed by atoms with van der Waals surface area (Å²) < 4.78 is 0. The topological polar surface area (TPSA) is 41.1 Å². The smallest absolute Gasteiger partial charge is 0.268 e. The standard InChI is InChI=1S/C8H10N2O.C2H6/c1-3-6-4-5-10-8(11)7(6)9-2;1-2/h1,9H,4-5H2,2H3,(H,10,11);1-2H3. The number of hydrogen-bond acceptors (Lipinski definition) is 2. The van der Waals surface area contributed by atoms with Crippen molar-refractivity contribution in [2.45, 2.75) is 20.3 Å². The predicted molar refractivity (Wildman–Crippen MR) is 53.9 cm³/mol. The van der Waals surface area contributed by atoms with Crippen LogP contribution in [-0.2, 0) is 4.79 Å². The number of rotatable bonds is 1. The fraction of sp³-hybridized carbons (Fsp3) is 0.500. The Bertz CT molecular complexity index is 248. The second-order valence-corrected chi connectivity index (χ2v) is 2.25. The zero-order valence-corrected chi connectivity index (χ0v) is 8.40. The number of hydrogen-bond donors (Lipinski definition) is 2. The summed E-state index contributed by atoms with van der Waals surface area (Å²) in [5, 5.41) is 5.47. The molecule has 0 aromatic heterocycles. The van der Waals surface area contributed by atoms with E-state index in [4.69, 9.17) is 6.42 Å². The monoisotopic (exact) mass is 180 g/mol. The molecular formula is C10H16N2O. The molecule has 0 aromatic carbocycles. The van der Waals surface area contributed by atoms with E-state index in [1.54, 1.807) is 7.05 Å². The molecule has 2 N–H and O–H groups in total. The summed E-state index contributed by atoms with van der Waals surface area (Å²) in [5.74, 6) is 2.39. The van der Waals surface area contributed by atoms with Gasteiger partial charge in [0.2, 0.25) is 0 Å². The maximum Gasteiger partial charge on any atom is 0.268 e. The molecule has 1 rings (SSSR count). The van der Waals surface area contributed by atoms with Crippen LogP contribution in [0.15, 0.2) is 11.3 Å². The van der Waals surface area contributed by atoms with Gasteiger partial charge in [-0.2, -0.15) is 0 Å². The molecule has 0 aromatic rings. The van der Waals surface area contributed by atoms with E-state index in [2.05, 4.69) is 16.6 Å². The summed E-state index contributed by atoms with van der Waals surface area (Å²) in [4.78, 5) is 11.1. The van der Waals surface area contributed by atoms with Gasteiger partial charge in [0.05, 0.1) is 0 Å². The van der Waals surface area contributed by atoms with Crippen molar-refractivity contribution in [1.29, 1.82) is 0 Å². The van der Waals surface area contributed by atoms with Crippen molar-refractivity contribution in [1.82, 2.24) is 10.6 Å². The van der Waals surface area contributed by atoms with Gasteiger partial charge >= 0.3 is 0 Å². The molecule has 0 aliphatic carbocycles. The Morgan fingerprint density at radius 1 is 1.54 bits per heavy atom. The summed E-state index contributed by atoms with van der Waals surface area (Å²) in [5.41, 5.74) is 1.29. The molecule has 3 heteroatoms. The lowest BCUT2D eigenvalue weighted by Crippen LogP contribution is -2.36. The molecule has 0 radical (unpaired) electrons. The number of terminal acetylenes is 1. The van der Waals surface area contributed by atoms with Crippen LogP contribution in [-0.4, -0.2) is 19.5 Å². The van der Waals surface area contributed by atoms with Gasteiger partial charge in [0.25, 0.3) is 5.91 Å². The molecule has 0 unspecified atom stereocenters. The molecular weight excluding hydrogens is 164 g/mol. The van der Waals surface area contributed by atoms with Crippen LogP contribution in [0.4, 0.5) is 0 Å². The lowest BCUT2D eigenvalue weighted by atomic mass is 10.1. The minimum absolute atomic E-state index is 0.105.